The molecule has 84 valence electrons. The van der Waals surface area contributed by atoms with E-state index in [0.717, 1.165) is 12.8 Å². The molecule has 0 bridgehead atoms. The van der Waals surface area contributed by atoms with E-state index in [9.17, 15) is 0 Å². The molecule has 1 atom stereocenters. The Morgan fingerprint density at radius 1 is 1.44 bits per heavy atom. The maximum Gasteiger partial charge on any atom is 0.0490 e. The molecule has 2 heterocycles. The van der Waals surface area contributed by atoms with E-state index >= 15 is 0 Å². The summed E-state index contributed by atoms with van der Waals surface area (Å²) in [5.41, 5.74) is 4.13. The third kappa shape index (κ3) is 1.43. The molecule has 0 spiro atoms. The van der Waals surface area contributed by atoms with Crippen molar-refractivity contribution in [2.45, 2.75) is 25.3 Å². The Morgan fingerprint density at radius 2 is 2.31 bits per heavy atom. The number of aromatic nitrogens is 2. The number of nitrogens with one attached hydrogen (secondary N) is 1. The molecular formula is C13H17N3. The summed E-state index contributed by atoms with van der Waals surface area (Å²) in [5, 5.41) is 1.31. The molecular weight excluding hydrogens is 198 g/mol. The molecule has 0 amide bonds. The summed E-state index contributed by atoms with van der Waals surface area (Å²) in [6, 6.07) is 2.74. The van der Waals surface area contributed by atoms with Gasteiger partial charge in [-0.15, -0.1) is 0 Å². The summed E-state index contributed by atoms with van der Waals surface area (Å²) in [6.45, 7) is 0. The third-order valence-electron chi connectivity index (χ3n) is 3.69. The van der Waals surface area contributed by atoms with Crippen LogP contribution in [0.4, 0.5) is 0 Å². The van der Waals surface area contributed by atoms with Crippen LogP contribution in [0.3, 0.4) is 0 Å². The molecule has 1 aliphatic carbocycles. The Kier molecular flexibility index (Phi) is 2.21. The van der Waals surface area contributed by atoms with E-state index < -0.39 is 0 Å². The summed E-state index contributed by atoms with van der Waals surface area (Å²) in [4.78, 5) is 10.1. The molecule has 3 nitrogen and oxygen atoms in total. The highest BCUT2D eigenvalue weighted by Gasteiger charge is 2.23. The Bertz CT molecular complexity index is 513. The van der Waals surface area contributed by atoms with Crippen LogP contribution in [-0.2, 0) is 12.8 Å². The quantitative estimate of drug-likeness (QED) is 0.789. The third-order valence-corrected chi connectivity index (χ3v) is 3.69. The van der Waals surface area contributed by atoms with Crippen LogP contribution >= 0.6 is 0 Å². The van der Waals surface area contributed by atoms with Crippen molar-refractivity contribution in [1.82, 2.24) is 14.9 Å². The fourth-order valence-corrected chi connectivity index (χ4v) is 2.68. The smallest absolute Gasteiger partial charge is 0.0490 e. The van der Waals surface area contributed by atoms with Crippen molar-refractivity contribution in [2.75, 3.05) is 14.1 Å². The van der Waals surface area contributed by atoms with Gasteiger partial charge in [0.2, 0.25) is 0 Å². The van der Waals surface area contributed by atoms with Crippen LogP contribution in [-0.4, -0.2) is 35.0 Å². The van der Waals surface area contributed by atoms with E-state index in [0.29, 0.717) is 6.04 Å². The fraction of sp³-hybridized carbons (Fsp3) is 0.462. The highest BCUT2D eigenvalue weighted by molar-refractivity contribution is 5.84. The zero-order valence-electron chi connectivity index (χ0n) is 9.83. The number of likely N-dealkylation sites (N-methyl/N-ethyl adjacent to an activating group) is 1. The number of hydrogen-bond acceptors (Lipinski definition) is 2. The standard InChI is InChI=1S/C13H17N3/c1-16(2)9-3-4-12-10(7-9)11-8-14-6-5-13(11)15-12/h5-6,8-9,15H,3-4,7H2,1-2H3/t9-/m1/s1. The maximum atomic E-state index is 4.23. The minimum atomic E-state index is 0.673. The first kappa shape index (κ1) is 9.85. The molecule has 1 N–H and O–H groups in total. The molecule has 0 saturated heterocycles. The molecule has 0 fully saturated rings. The largest absolute Gasteiger partial charge is 0.358 e. The number of hydrogen-bond donors (Lipinski definition) is 1. The Hall–Kier alpha value is -1.35. The van der Waals surface area contributed by atoms with Gasteiger partial charge in [0.25, 0.3) is 0 Å². The van der Waals surface area contributed by atoms with Crippen molar-refractivity contribution < 1.29 is 0 Å². The number of pyridine rings is 1. The average Bonchev–Trinajstić information content (AvgIpc) is 2.66. The predicted molar refractivity (Wildman–Crippen MR) is 65.6 cm³/mol. The molecule has 0 saturated carbocycles. The van der Waals surface area contributed by atoms with Crippen molar-refractivity contribution in [3.05, 3.63) is 29.7 Å². The molecule has 1 aliphatic rings. The normalized spacial score (nSPS) is 20.3. The molecule has 0 aliphatic heterocycles. The van der Waals surface area contributed by atoms with Gasteiger partial charge < -0.3 is 9.88 Å². The molecule has 0 radical (unpaired) electrons. The van der Waals surface area contributed by atoms with Crippen LogP contribution < -0.4 is 0 Å². The van der Waals surface area contributed by atoms with Crippen LogP contribution in [0.5, 0.6) is 0 Å². The monoisotopic (exact) mass is 215 g/mol. The molecule has 3 rings (SSSR count). The Morgan fingerprint density at radius 3 is 3.12 bits per heavy atom. The van der Waals surface area contributed by atoms with E-state index in [2.05, 4.69) is 35.0 Å². The van der Waals surface area contributed by atoms with Gasteiger partial charge in [0, 0.05) is 35.0 Å². The molecule has 16 heavy (non-hydrogen) atoms. The summed E-state index contributed by atoms with van der Waals surface area (Å²) in [7, 11) is 4.34. The average molecular weight is 215 g/mol. The predicted octanol–water partition coefficient (Wildman–Crippen LogP) is 1.98. The van der Waals surface area contributed by atoms with Gasteiger partial charge >= 0.3 is 0 Å². The Labute approximate surface area is 95.5 Å². The minimum absolute atomic E-state index is 0.673. The van der Waals surface area contributed by atoms with Crippen molar-refractivity contribution in [2.24, 2.45) is 0 Å². The molecule has 2 aromatic rings. The lowest BCUT2D eigenvalue weighted by Crippen LogP contribution is -2.33. The summed E-state index contributed by atoms with van der Waals surface area (Å²) in [5.74, 6) is 0. The van der Waals surface area contributed by atoms with Gasteiger partial charge in [0.05, 0.1) is 0 Å². The van der Waals surface area contributed by atoms with E-state index in [4.69, 9.17) is 0 Å². The number of H-pyrrole nitrogens is 1. The molecule has 0 unspecified atom stereocenters. The zero-order chi connectivity index (χ0) is 11.1. The van der Waals surface area contributed by atoms with E-state index in [1.54, 1.807) is 0 Å². The van der Waals surface area contributed by atoms with Gasteiger partial charge in [0.1, 0.15) is 0 Å². The van der Waals surface area contributed by atoms with Crippen LogP contribution in [0.15, 0.2) is 18.5 Å². The first-order valence-corrected chi connectivity index (χ1v) is 5.85. The second-order valence-electron chi connectivity index (χ2n) is 4.86. The van der Waals surface area contributed by atoms with E-state index in [1.165, 1.54) is 28.6 Å². The maximum absolute atomic E-state index is 4.23. The fourth-order valence-electron chi connectivity index (χ4n) is 2.68. The highest BCUT2D eigenvalue weighted by atomic mass is 15.1. The SMILES string of the molecule is CN(C)[C@@H]1CCc2[nH]c3ccncc3c2C1. The zero-order valence-corrected chi connectivity index (χ0v) is 9.83. The topological polar surface area (TPSA) is 31.9 Å². The number of aryl methyl sites for hydroxylation is 1. The highest BCUT2D eigenvalue weighted by Crippen LogP contribution is 2.29. The van der Waals surface area contributed by atoms with Crippen LogP contribution in [0.1, 0.15) is 17.7 Å². The number of rotatable bonds is 1. The van der Waals surface area contributed by atoms with E-state index in [1.807, 2.05) is 12.4 Å². The lowest BCUT2D eigenvalue weighted by Gasteiger charge is -2.28. The van der Waals surface area contributed by atoms with Crippen molar-refractivity contribution in [3.63, 3.8) is 0 Å². The van der Waals surface area contributed by atoms with Gasteiger partial charge in [-0.05, 0) is 45.0 Å². The van der Waals surface area contributed by atoms with Crippen molar-refractivity contribution >= 4 is 10.9 Å². The van der Waals surface area contributed by atoms with Gasteiger partial charge in [-0.3, -0.25) is 4.98 Å². The molecule has 0 aromatic carbocycles. The van der Waals surface area contributed by atoms with Crippen LogP contribution in [0, 0.1) is 0 Å². The van der Waals surface area contributed by atoms with Crippen LogP contribution in [0.2, 0.25) is 0 Å². The minimum Gasteiger partial charge on any atom is -0.358 e. The van der Waals surface area contributed by atoms with Gasteiger partial charge in [-0.2, -0.15) is 0 Å². The van der Waals surface area contributed by atoms with Gasteiger partial charge in [-0.25, -0.2) is 0 Å². The first-order valence-electron chi connectivity index (χ1n) is 5.85. The van der Waals surface area contributed by atoms with Crippen molar-refractivity contribution in [1.29, 1.82) is 0 Å². The first-order chi connectivity index (χ1) is 7.75. The van der Waals surface area contributed by atoms with Crippen molar-refractivity contribution in [3.8, 4) is 0 Å². The summed E-state index contributed by atoms with van der Waals surface area (Å²) >= 11 is 0. The van der Waals surface area contributed by atoms with Gasteiger partial charge in [0.15, 0.2) is 0 Å². The summed E-state index contributed by atoms with van der Waals surface area (Å²) < 4.78 is 0. The second-order valence-corrected chi connectivity index (χ2v) is 4.86. The summed E-state index contributed by atoms with van der Waals surface area (Å²) in [6.07, 6.45) is 7.40. The molecule has 2 aromatic heterocycles. The number of nitrogens with zero attached hydrogens (tertiary/aromatic N) is 2. The Balaban J connectivity index is 2.08. The lowest BCUT2D eigenvalue weighted by atomic mass is 9.91. The molecule has 3 heteroatoms. The van der Waals surface area contributed by atoms with E-state index in [-0.39, 0.29) is 0 Å². The second kappa shape index (κ2) is 3.59. The number of aromatic amines is 1. The van der Waals surface area contributed by atoms with Gasteiger partial charge in [-0.1, -0.05) is 0 Å². The van der Waals surface area contributed by atoms with Crippen LogP contribution in [0.25, 0.3) is 10.9 Å². The lowest BCUT2D eigenvalue weighted by molar-refractivity contribution is 0.268. The number of fused-ring (bicyclic) bond motifs is 3.